The van der Waals surface area contributed by atoms with Gasteiger partial charge in [-0.1, -0.05) is 47.6 Å². The highest BCUT2D eigenvalue weighted by Gasteiger charge is 2.45. The van der Waals surface area contributed by atoms with Gasteiger partial charge in [0.25, 0.3) is 5.75 Å². The summed E-state index contributed by atoms with van der Waals surface area (Å²) in [7, 11) is 0. The van der Waals surface area contributed by atoms with E-state index in [1.54, 1.807) is 18.2 Å². The molecule has 226 valence electrons. The molecule has 2 aromatic carbocycles. The van der Waals surface area contributed by atoms with Gasteiger partial charge in [-0.25, -0.2) is 4.79 Å². The topological polar surface area (TPSA) is 148 Å². The maximum absolute atomic E-state index is 13.2. The minimum Gasteiger partial charge on any atom is -0.489 e. The Kier molecular flexibility index (Phi) is 10.8. The van der Waals surface area contributed by atoms with Crippen LogP contribution in [0, 0.1) is 0 Å². The quantitative estimate of drug-likeness (QED) is 0.184. The van der Waals surface area contributed by atoms with Crippen molar-refractivity contribution in [2.75, 3.05) is 13.2 Å². The fraction of sp³-hybridized carbons (Fsp3) is 0.406. The molecule has 1 aliphatic rings. The number of allylic oxidation sites excluding steroid dienone is 3. The molecule has 0 unspecified atom stereocenters. The van der Waals surface area contributed by atoms with Crippen LogP contribution in [0.2, 0.25) is 0 Å². The number of aliphatic hydroxyl groups excluding tert-OH is 4. The fourth-order valence-electron chi connectivity index (χ4n) is 4.45. The zero-order valence-corrected chi connectivity index (χ0v) is 23.9. The average Bonchev–Trinajstić information content (AvgIpc) is 2.97. The molecule has 0 bridgehead atoms. The van der Waals surface area contributed by atoms with Gasteiger partial charge in [0.15, 0.2) is 5.75 Å². The standard InChI is InChI=1S/C32H38O10/c1-19(2)8-7-9-20(3)14-15-38-22-12-13-23-24(16-22)40-31(37)30(29(23)39-18-21-10-5-4-6-11-21)42-32-28(36)27(35)26(34)25(17-33)41-32/h4-6,8,10-14,16,25-28,32-36H,7,9,15,17-18H2,1-3H3/t25-,26+,27+,28-,32+/m1/s1. The van der Waals surface area contributed by atoms with Crippen LogP contribution in [0.3, 0.4) is 0 Å². The minimum atomic E-state index is -1.73. The van der Waals surface area contributed by atoms with Crippen molar-refractivity contribution in [2.24, 2.45) is 0 Å². The molecule has 0 aliphatic carbocycles. The van der Waals surface area contributed by atoms with Crippen LogP contribution in [-0.2, 0) is 11.3 Å². The molecular weight excluding hydrogens is 544 g/mol. The molecule has 0 saturated carbocycles. The normalized spacial score (nSPS) is 22.5. The highest BCUT2D eigenvalue weighted by molar-refractivity contribution is 5.86. The maximum atomic E-state index is 13.2. The molecule has 1 saturated heterocycles. The molecule has 42 heavy (non-hydrogen) atoms. The van der Waals surface area contributed by atoms with E-state index >= 15 is 0 Å². The summed E-state index contributed by atoms with van der Waals surface area (Å²) >= 11 is 0. The van der Waals surface area contributed by atoms with Gasteiger partial charge in [-0.2, -0.15) is 0 Å². The van der Waals surface area contributed by atoms with Gasteiger partial charge in [-0.05, 0) is 57.4 Å². The van der Waals surface area contributed by atoms with E-state index in [2.05, 4.69) is 26.8 Å². The second-order valence-corrected chi connectivity index (χ2v) is 10.5. The van der Waals surface area contributed by atoms with Gasteiger partial charge >= 0.3 is 5.63 Å². The summed E-state index contributed by atoms with van der Waals surface area (Å²) in [6.07, 6.45) is -1.73. The molecule has 4 N–H and O–H groups in total. The largest absolute Gasteiger partial charge is 0.489 e. The number of hydrogen-bond donors (Lipinski definition) is 4. The summed E-state index contributed by atoms with van der Waals surface area (Å²) < 4.78 is 28.6. The van der Waals surface area contributed by atoms with E-state index in [0.717, 1.165) is 18.4 Å². The van der Waals surface area contributed by atoms with Crippen LogP contribution >= 0.6 is 0 Å². The average molecular weight is 583 g/mol. The highest BCUT2D eigenvalue weighted by Crippen LogP contribution is 2.37. The van der Waals surface area contributed by atoms with Crippen molar-refractivity contribution in [1.82, 2.24) is 0 Å². The Morgan fingerprint density at radius 2 is 1.69 bits per heavy atom. The van der Waals surface area contributed by atoms with E-state index in [4.69, 9.17) is 23.4 Å². The zero-order valence-electron chi connectivity index (χ0n) is 23.9. The molecule has 2 heterocycles. The van der Waals surface area contributed by atoms with Crippen LogP contribution in [0.15, 0.2) is 81.0 Å². The number of aliphatic hydroxyl groups is 4. The third-order valence-electron chi connectivity index (χ3n) is 6.87. The second kappa shape index (κ2) is 14.5. The lowest BCUT2D eigenvalue weighted by Crippen LogP contribution is -2.60. The van der Waals surface area contributed by atoms with Crippen molar-refractivity contribution in [3.63, 3.8) is 0 Å². The van der Waals surface area contributed by atoms with E-state index in [0.29, 0.717) is 17.7 Å². The summed E-state index contributed by atoms with van der Waals surface area (Å²) in [5, 5.41) is 40.7. The Balaban J connectivity index is 1.61. The molecule has 3 aromatic rings. The van der Waals surface area contributed by atoms with Gasteiger partial charge in [0.2, 0.25) is 6.29 Å². The molecule has 1 aliphatic heterocycles. The number of ether oxygens (including phenoxy) is 4. The Morgan fingerprint density at radius 1 is 0.929 bits per heavy atom. The van der Waals surface area contributed by atoms with Crippen molar-refractivity contribution < 1.29 is 43.8 Å². The van der Waals surface area contributed by atoms with Crippen molar-refractivity contribution >= 4 is 11.0 Å². The molecule has 5 atom stereocenters. The molecule has 0 amide bonds. The first kappa shape index (κ1) is 31.3. The van der Waals surface area contributed by atoms with Gasteiger partial charge in [0.05, 0.1) is 12.0 Å². The van der Waals surface area contributed by atoms with Crippen molar-refractivity contribution in [3.8, 4) is 17.2 Å². The smallest absolute Gasteiger partial charge is 0.383 e. The highest BCUT2D eigenvalue weighted by atomic mass is 16.7. The Hall–Kier alpha value is -3.67. The number of hydrogen-bond acceptors (Lipinski definition) is 10. The molecule has 1 aromatic heterocycles. The number of benzene rings is 2. The lowest BCUT2D eigenvalue weighted by atomic mass is 9.99. The SMILES string of the molecule is CC(C)=CCCC(C)=CCOc1ccc2c(OCc3ccccc3)c(O[C@@H]3O[C@H](CO)[C@H](O)[C@H](O)[C@H]3O)c(=O)oc2c1. The third-order valence-corrected chi connectivity index (χ3v) is 6.87. The minimum absolute atomic E-state index is 0.0311. The fourth-order valence-corrected chi connectivity index (χ4v) is 4.45. The lowest BCUT2D eigenvalue weighted by Gasteiger charge is -2.39. The zero-order chi connectivity index (χ0) is 30.2. The predicted molar refractivity (Wildman–Crippen MR) is 156 cm³/mol. The Morgan fingerprint density at radius 3 is 2.40 bits per heavy atom. The van der Waals surface area contributed by atoms with Crippen molar-refractivity contribution in [2.45, 2.75) is 70.9 Å². The molecule has 10 nitrogen and oxygen atoms in total. The van der Waals surface area contributed by atoms with Crippen LogP contribution in [-0.4, -0.2) is 64.3 Å². The van der Waals surface area contributed by atoms with Gasteiger partial charge < -0.3 is 43.8 Å². The van der Waals surface area contributed by atoms with Gasteiger partial charge in [0, 0.05) is 6.07 Å². The van der Waals surface area contributed by atoms with E-state index in [1.807, 2.05) is 36.4 Å². The van der Waals surface area contributed by atoms with Gasteiger partial charge in [-0.15, -0.1) is 0 Å². The molecule has 0 radical (unpaired) electrons. The summed E-state index contributed by atoms with van der Waals surface area (Å²) in [4.78, 5) is 13.2. The first-order valence-electron chi connectivity index (χ1n) is 13.8. The summed E-state index contributed by atoms with van der Waals surface area (Å²) in [5.41, 5.74) is 2.57. The monoisotopic (exact) mass is 582 g/mol. The molecular formula is C32H38O10. The summed E-state index contributed by atoms with van der Waals surface area (Å²) in [6, 6.07) is 14.2. The van der Waals surface area contributed by atoms with E-state index in [-0.39, 0.29) is 17.9 Å². The number of rotatable bonds is 12. The van der Waals surface area contributed by atoms with Crippen molar-refractivity contribution in [1.29, 1.82) is 0 Å². The van der Waals surface area contributed by atoms with Gasteiger partial charge in [-0.3, -0.25) is 0 Å². The van der Waals surface area contributed by atoms with Crippen LogP contribution in [0.25, 0.3) is 11.0 Å². The third kappa shape index (κ3) is 7.78. The van der Waals surface area contributed by atoms with Crippen molar-refractivity contribution in [3.05, 3.63) is 87.8 Å². The van der Waals surface area contributed by atoms with Crippen LogP contribution in [0.4, 0.5) is 0 Å². The summed E-state index contributed by atoms with van der Waals surface area (Å²) in [6.45, 7) is 5.97. The van der Waals surface area contributed by atoms with Gasteiger partial charge in [0.1, 0.15) is 49.0 Å². The lowest BCUT2D eigenvalue weighted by molar-refractivity contribution is -0.278. The molecule has 4 rings (SSSR count). The predicted octanol–water partition coefficient (Wildman–Crippen LogP) is 3.62. The maximum Gasteiger partial charge on any atom is 0.383 e. The Labute approximate surface area is 244 Å². The van der Waals surface area contributed by atoms with E-state index < -0.39 is 48.7 Å². The van der Waals surface area contributed by atoms with Crippen LogP contribution < -0.4 is 19.8 Å². The Bertz CT molecular complexity index is 1440. The van der Waals surface area contributed by atoms with E-state index in [1.165, 1.54) is 11.1 Å². The first-order valence-corrected chi connectivity index (χ1v) is 13.8. The van der Waals surface area contributed by atoms with Crippen LogP contribution in [0.1, 0.15) is 39.2 Å². The van der Waals surface area contributed by atoms with E-state index in [9.17, 15) is 25.2 Å². The molecule has 1 fully saturated rings. The summed E-state index contributed by atoms with van der Waals surface area (Å²) in [5.74, 6) is 0.116. The number of fused-ring (bicyclic) bond motifs is 1. The molecule has 0 spiro atoms. The first-order chi connectivity index (χ1) is 20.2. The van der Waals surface area contributed by atoms with Crippen LogP contribution in [0.5, 0.6) is 17.2 Å². The molecule has 10 heteroatoms. The second-order valence-electron chi connectivity index (χ2n) is 10.5.